The molecule has 4 aliphatic carbocycles. The molecule has 4 nitrogen and oxygen atoms in total. The summed E-state index contributed by atoms with van der Waals surface area (Å²) in [6.07, 6.45) is 11.6. The van der Waals surface area contributed by atoms with Gasteiger partial charge in [-0.15, -0.1) is 0 Å². The molecule has 0 aromatic heterocycles. The van der Waals surface area contributed by atoms with Gasteiger partial charge in [0.15, 0.2) is 6.61 Å². The van der Waals surface area contributed by atoms with Gasteiger partial charge in [-0.25, -0.2) is 0 Å². The summed E-state index contributed by atoms with van der Waals surface area (Å²) in [7, 11) is 0. The Morgan fingerprint density at radius 2 is 1.70 bits per heavy atom. The molecule has 4 fully saturated rings. The van der Waals surface area contributed by atoms with Crippen LogP contribution in [0.15, 0.2) is 0 Å². The smallest absolute Gasteiger partial charge is 0.303 e. The molecule has 7 atom stereocenters. The summed E-state index contributed by atoms with van der Waals surface area (Å²) in [5.74, 6) is 1.93. The molecular weight excluding hydrogens is 340 g/mol. The third-order valence-corrected chi connectivity index (χ3v) is 9.60. The van der Waals surface area contributed by atoms with Crippen LogP contribution in [0.5, 0.6) is 0 Å². The van der Waals surface area contributed by atoms with Crippen molar-refractivity contribution in [3.05, 3.63) is 0 Å². The maximum absolute atomic E-state index is 12.9. The number of carbonyl (C=O) groups excluding carboxylic acids is 2. The molecule has 4 heteroatoms. The molecule has 1 N–H and O–H groups in total. The van der Waals surface area contributed by atoms with E-state index in [-0.39, 0.29) is 17.8 Å². The van der Waals surface area contributed by atoms with Crippen molar-refractivity contribution in [3.8, 4) is 0 Å². The number of hydrogen-bond acceptors (Lipinski definition) is 4. The molecule has 0 radical (unpaired) electrons. The van der Waals surface area contributed by atoms with E-state index in [0.29, 0.717) is 23.7 Å². The van der Waals surface area contributed by atoms with Gasteiger partial charge >= 0.3 is 5.97 Å². The van der Waals surface area contributed by atoms with E-state index in [1.807, 2.05) is 0 Å². The van der Waals surface area contributed by atoms with Crippen molar-refractivity contribution < 1.29 is 19.4 Å². The lowest BCUT2D eigenvalue weighted by atomic mass is 9.44. The van der Waals surface area contributed by atoms with Gasteiger partial charge in [0.25, 0.3) is 0 Å². The van der Waals surface area contributed by atoms with E-state index < -0.39 is 11.6 Å². The zero-order chi connectivity index (χ0) is 19.4. The maximum atomic E-state index is 12.9. The highest BCUT2D eigenvalue weighted by Gasteiger charge is 2.66. The number of Topliss-reactive ketones (excluding diaryl/α,β-unsaturated/α-hetero) is 1. The summed E-state index contributed by atoms with van der Waals surface area (Å²) in [6.45, 7) is 5.71. The highest BCUT2D eigenvalue weighted by Crippen LogP contribution is 2.68. The Kier molecular flexibility index (Phi) is 4.73. The van der Waals surface area contributed by atoms with Crippen LogP contribution in [0.4, 0.5) is 0 Å². The van der Waals surface area contributed by atoms with Crippen LogP contribution in [-0.2, 0) is 14.3 Å². The molecule has 0 aliphatic heterocycles. The van der Waals surface area contributed by atoms with Crippen LogP contribution in [0.25, 0.3) is 0 Å². The molecule has 0 aromatic rings. The summed E-state index contributed by atoms with van der Waals surface area (Å²) in [5, 5.41) is 11.5. The molecule has 4 aliphatic rings. The Morgan fingerprint density at radius 3 is 2.44 bits per heavy atom. The molecule has 4 rings (SSSR count). The largest absolute Gasteiger partial charge is 0.458 e. The normalized spacial score (nSPS) is 48.9. The molecule has 27 heavy (non-hydrogen) atoms. The average molecular weight is 377 g/mol. The van der Waals surface area contributed by atoms with Gasteiger partial charge in [0, 0.05) is 12.3 Å². The third-order valence-electron chi connectivity index (χ3n) is 9.60. The quantitative estimate of drug-likeness (QED) is 0.747. The van der Waals surface area contributed by atoms with Crippen LogP contribution in [-0.4, -0.2) is 29.1 Å². The van der Waals surface area contributed by atoms with Crippen LogP contribution in [0.1, 0.15) is 85.0 Å². The minimum Gasteiger partial charge on any atom is -0.458 e. The minimum absolute atomic E-state index is 0.290. The topological polar surface area (TPSA) is 63.6 Å². The Labute approximate surface area is 163 Å². The van der Waals surface area contributed by atoms with Gasteiger partial charge in [0.05, 0.1) is 0 Å². The predicted octanol–water partition coefficient (Wildman–Crippen LogP) is 4.28. The Morgan fingerprint density at radius 1 is 0.963 bits per heavy atom. The number of rotatable bonds is 3. The van der Waals surface area contributed by atoms with Crippen molar-refractivity contribution in [2.75, 3.05) is 6.61 Å². The summed E-state index contributed by atoms with van der Waals surface area (Å²) in [4.78, 5) is 24.0. The zero-order valence-corrected chi connectivity index (χ0v) is 17.3. The predicted molar refractivity (Wildman–Crippen MR) is 103 cm³/mol. The number of ketones is 1. The Bertz CT molecular complexity index is 630. The van der Waals surface area contributed by atoms with E-state index >= 15 is 0 Å². The van der Waals surface area contributed by atoms with Crippen molar-refractivity contribution >= 4 is 11.8 Å². The Balaban J connectivity index is 1.58. The second kappa shape index (κ2) is 6.57. The number of hydrogen-bond donors (Lipinski definition) is 1. The van der Waals surface area contributed by atoms with Crippen LogP contribution in [0.3, 0.4) is 0 Å². The summed E-state index contributed by atoms with van der Waals surface area (Å²) >= 11 is 0. The lowest BCUT2D eigenvalue weighted by molar-refractivity contribution is -0.174. The third kappa shape index (κ3) is 2.73. The first-order chi connectivity index (χ1) is 12.7. The second-order valence-corrected chi connectivity index (χ2v) is 10.5. The van der Waals surface area contributed by atoms with E-state index in [0.717, 1.165) is 31.1 Å². The van der Waals surface area contributed by atoms with Crippen LogP contribution >= 0.6 is 0 Å². The zero-order valence-electron chi connectivity index (χ0n) is 17.3. The minimum atomic E-state index is -1.33. The van der Waals surface area contributed by atoms with Gasteiger partial charge in [-0.1, -0.05) is 26.7 Å². The maximum Gasteiger partial charge on any atom is 0.303 e. The number of esters is 1. The highest BCUT2D eigenvalue weighted by molar-refractivity contribution is 5.90. The van der Waals surface area contributed by atoms with Gasteiger partial charge in [-0.2, -0.15) is 0 Å². The number of aliphatic hydroxyl groups is 1. The molecule has 7 unspecified atom stereocenters. The average Bonchev–Trinajstić information content (AvgIpc) is 2.91. The van der Waals surface area contributed by atoms with Gasteiger partial charge < -0.3 is 9.84 Å². The van der Waals surface area contributed by atoms with Gasteiger partial charge in [0.1, 0.15) is 5.60 Å². The molecule has 0 bridgehead atoms. The molecule has 152 valence electrons. The lowest BCUT2D eigenvalue weighted by Crippen LogP contribution is -2.59. The molecule has 0 spiro atoms. The van der Waals surface area contributed by atoms with E-state index in [2.05, 4.69) is 13.8 Å². The van der Waals surface area contributed by atoms with Crippen LogP contribution < -0.4 is 0 Å². The summed E-state index contributed by atoms with van der Waals surface area (Å²) < 4.78 is 4.95. The lowest BCUT2D eigenvalue weighted by Gasteiger charge is -2.61. The fourth-order valence-corrected chi connectivity index (χ4v) is 8.06. The summed E-state index contributed by atoms with van der Waals surface area (Å²) in [6, 6.07) is 0. The number of ether oxygens (including phenoxy) is 1. The highest BCUT2D eigenvalue weighted by atomic mass is 16.5. The molecule has 0 saturated heterocycles. The van der Waals surface area contributed by atoms with Gasteiger partial charge in [0.2, 0.25) is 5.78 Å². The first-order valence-corrected chi connectivity index (χ1v) is 11.1. The number of fused-ring (bicyclic) bond motifs is 5. The van der Waals surface area contributed by atoms with E-state index in [9.17, 15) is 14.7 Å². The van der Waals surface area contributed by atoms with E-state index in [4.69, 9.17) is 4.74 Å². The first kappa shape index (κ1) is 19.4. The van der Waals surface area contributed by atoms with Crippen molar-refractivity contribution in [1.82, 2.24) is 0 Å². The second-order valence-electron chi connectivity index (χ2n) is 10.5. The summed E-state index contributed by atoms with van der Waals surface area (Å²) in [5.41, 5.74) is -1.24. The molecule has 0 aromatic carbocycles. The molecule has 0 amide bonds. The van der Waals surface area contributed by atoms with Crippen molar-refractivity contribution in [3.63, 3.8) is 0 Å². The van der Waals surface area contributed by atoms with Crippen molar-refractivity contribution in [2.45, 2.75) is 90.6 Å². The van der Waals surface area contributed by atoms with Crippen LogP contribution in [0.2, 0.25) is 0 Å². The van der Waals surface area contributed by atoms with E-state index in [1.165, 1.54) is 45.4 Å². The fraction of sp³-hybridized carbons (Fsp3) is 0.913. The molecule has 4 saturated carbocycles. The first-order valence-electron chi connectivity index (χ1n) is 11.1. The standard InChI is InChI=1S/C23H36O4/c1-15(24)27-14-20(25)23(26)13-10-19-17-8-7-16-6-4-5-11-21(16,2)18(17)9-12-22(19,23)3/h16-19,26H,4-14H2,1-3H3. The SMILES string of the molecule is CC(=O)OCC(=O)C1(O)CCC2C3CCC4CCCCC4(C)C3CCC21C. The van der Waals surface area contributed by atoms with E-state index in [1.54, 1.807) is 0 Å². The van der Waals surface area contributed by atoms with Crippen molar-refractivity contribution in [2.24, 2.45) is 34.5 Å². The molecular formula is C23H36O4. The fourth-order valence-electron chi connectivity index (χ4n) is 8.06. The monoisotopic (exact) mass is 376 g/mol. The van der Waals surface area contributed by atoms with Gasteiger partial charge in [-0.3, -0.25) is 9.59 Å². The van der Waals surface area contributed by atoms with Crippen molar-refractivity contribution in [1.29, 1.82) is 0 Å². The number of carbonyl (C=O) groups is 2. The Hall–Kier alpha value is -0.900. The molecule has 0 heterocycles. The van der Waals surface area contributed by atoms with Crippen LogP contribution in [0, 0.1) is 34.5 Å². The van der Waals surface area contributed by atoms with Gasteiger partial charge in [-0.05, 0) is 80.5 Å².